The fraction of sp³-hybridized carbons (Fsp3) is 0.278. The van der Waals surface area contributed by atoms with E-state index < -0.39 is 0 Å². The molecule has 0 N–H and O–H groups in total. The van der Waals surface area contributed by atoms with E-state index in [0.29, 0.717) is 13.0 Å². The van der Waals surface area contributed by atoms with Crippen molar-refractivity contribution < 1.29 is 14.3 Å². The first kappa shape index (κ1) is 13.8. The second-order valence-corrected chi connectivity index (χ2v) is 5.20. The molecule has 1 atom stereocenters. The molecule has 0 spiro atoms. The lowest BCUT2D eigenvalue weighted by atomic mass is 10.0. The van der Waals surface area contributed by atoms with Crippen LogP contribution in [0, 0.1) is 0 Å². The van der Waals surface area contributed by atoms with Gasteiger partial charge in [0.2, 0.25) is 0 Å². The van der Waals surface area contributed by atoms with Crippen molar-refractivity contribution in [1.29, 1.82) is 0 Å². The van der Waals surface area contributed by atoms with E-state index in [-0.39, 0.29) is 11.9 Å². The number of hydrogen-bond acceptors (Lipinski definition) is 3. The molecule has 1 unspecified atom stereocenters. The summed E-state index contributed by atoms with van der Waals surface area (Å²) in [5.74, 6) is 0.945. The highest BCUT2D eigenvalue weighted by atomic mass is 16.6. The Morgan fingerprint density at radius 2 is 1.81 bits per heavy atom. The van der Waals surface area contributed by atoms with Gasteiger partial charge >= 0.3 is 0 Å². The molecule has 2 aromatic rings. The van der Waals surface area contributed by atoms with Crippen molar-refractivity contribution in [2.45, 2.75) is 18.9 Å². The summed E-state index contributed by atoms with van der Waals surface area (Å²) in [7, 11) is 0. The highest BCUT2D eigenvalue weighted by Gasteiger charge is 2.23. The van der Waals surface area contributed by atoms with Crippen LogP contribution in [0.3, 0.4) is 0 Å². The first-order valence-electron chi connectivity index (χ1n) is 7.23. The smallest absolute Gasteiger partial charge is 0.163 e. The van der Waals surface area contributed by atoms with Gasteiger partial charge in [0, 0.05) is 12.0 Å². The molecule has 1 fully saturated rings. The zero-order valence-corrected chi connectivity index (χ0v) is 11.8. The van der Waals surface area contributed by atoms with Gasteiger partial charge in [-0.2, -0.15) is 0 Å². The Hall–Kier alpha value is -2.13. The molecule has 21 heavy (non-hydrogen) atoms. The summed E-state index contributed by atoms with van der Waals surface area (Å²) in [5.41, 5.74) is 1.93. The van der Waals surface area contributed by atoms with Crippen LogP contribution < -0.4 is 4.74 Å². The summed E-state index contributed by atoms with van der Waals surface area (Å²) in [6, 6.07) is 17.4. The van der Waals surface area contributed by atoms with Crippen molar-refractivity contribution in [2.24, 2.45) is 0 Å². The number of rotatable bonds is 7. The average molecular weight is 282 g/mol. The summed E-state index contributed by atoms with van der Waals surface area (Å²) >= 11 is 0. The number of hydrogen-bond donors (Lipinski definition) is 0. The Balaban J connectivity index is 1.51. The maximum Gasteiger partial charge on any atom is 0.163 e. The first-order valence-corrected chi connectivity index (χ1v) is 7.23. The lowest BCUT2D eigenvalue weighted by molar-refractivity contribution is 0.0983. The molecule has 0 radical (unpaired) electrons. The second-order valence-electron chi connectivity index (χ2n) is 5.20. The number of carbonyl (C=O) groups excluding carboxylic acids is 1. The van der Waals surface area contributed by atoms with Crippen LogP contribution in [0.2, 0.25) is 0 Å². The minimum absolute atomic E-state index is 0.163. The van der Waals surface area contributed by atoms with Gasteiger partial charge in [0.1, 0.15) is 18.5 Å². The van der Waals surface area contributed by atoms with E-state index in [1.54, 1.807) is 0 Å². The van der Waals surface area contributed by atoms with Crippen LogP contribution in [0.15, 0.2) is 54.6 Å². The van der Waals surface area contributed by atoms with E-state index in [2.05, 4.69) is 0 Å². The van der Waals surface area contributed by atoms with Crippen LogP contribution in [0.4, 0.5) is 0 Å². The number of aryl methyl sites for hydroxylation is 1. The topological polar surface area (TPSA) is 38.8 Å². The number of Topliss-reactive ketones (excluding diaryl/α,β-unsaturated/α-hetero) is 1. The molecule has 1 aliphatic rings. The molecule has 0 amide bonds. The van der Waals surface area contributed by atoms with Crippen LogP contribution in [0.5, 0.6) is 5.75 Å². The lowest BCUT2D eigenvalue weighted by Gasteiger charge is -2.05. The normalized spacial score (nSPS) is 16.5. The first-order chi connectivity index (χ1) is 10.3. The number of ether oxygens (including phenoxy) is 2. The van der Waals surface area contributed by atoms with Gasteiger partial charge in [0.25, 0.3) is 0 Å². The van der Waals surface area contributed by atoms with Crippen molar-refractivity contribution >= 4 is 5.78 Å². The molecule has 3 heteroatoms. The predicted molar refractivity (Wildman–Crippen MR) is 80.8 cm³/mol. The Kier molecular flexibility index (Phi) is 4.31. The zero-order chi connectivity index (χ0) is 14.5. The predicted octanol–water partition coefficient (Wildman–Crippen LogP) is 3.28. The molecule has 2 aromatic carbocycles. The van der Waals surface area contributed by atoms with Crippen LogP contribution in [0.1, 0.15) is 22.3 Å². The third kappa shape index (κ3) is 4.17. The van der Waals surface area contributed by atoms with Crippen LogP contribution in [0.25, 0.3) is 0 Å². The maximum atomic E-state index is 12.1. The van der Waals surface area contributed by atoms with E-state index in [1.165, 1.54) is 5.56 Å². The minimum atomic E-state index is 0.163. The summed E-state index contributed by atoms with van der Waals surface area (Å²) in [6.07, 6.45) is 1.55. The molecular formula is C18H18O3. The van der Waals surface area contributed by atoms with E-state index in [4.69, 9.17) is 9.47 Å². The molecule has 3 nitrogen and oxygen atoms in total. The number of ketones is 1. The fourth-order valence-corrected chi connectivity index (χ4v) is 2.14. The SMILES string of the molecule is O=C(CCc1ccccc1)c1ccc(OCC2CO2)cc1. The second kappa shape index (κ2) is 6.55. The average Bonchev–Trinajstić information content (AvgIpc) is 3.36. The van der Waals surface area contributed by atoms with Gasteiger partial charge in [-0.3, -0.25) is 4.79 Å². The minimum Gasteiger partial charge on any atom is -0.491 e. The van der Waals surface area contributed by atoms with Gasteiger partial charge in [0.15, 0.2) is 5.78 Å². The molecule has 1 heterocycles. The lowest BCUT2D eigenvalue weighted by Crippen LogP contribution is -2.05. The third-order valence-corrected chi connectivity index (χ3v) is 3.50. The number of epoxide rings is 1. The van der Waals surface area contributed by atoms with Gasteiger partial charge in [-0.05, 0) is 36.2 Å². The van der Waals surface area contributed by atoms with Crippen LogP contribution in [-0.4, -0.2) is 25.1 Å². The van der Waals surface area contributed by atoms with Crippen molar-refractivity contribution in [3.05, 3.63) is 65.7 Å². The monoisotopic (exact) mass is 282 g/mol. The van der Waals surface area contributed by atoms with Crippen molar-refractivity contribution in [1.82, 2.24) is 0 Å². The Morgan fingerprint density at radius 1 is 1.10 bits per heavy atom. The van der Waals surface area contributed by atoms with E-state index in [9.17, 15) is 4.79 Å². The van der Waals surface area contributed by atoms with Gasteiger partial charge < -0.3 is 9.47 Å². The molecule has 3 rings (SSSR count). The summed E-state index contributed by atoms with van der Waals surface area (Å²) in [5, 5.41) is 0. The summed E-state index contributed by atoms with van der Waals surface area (Å²) < 4.78 is 10.6. The Labute approximate surface area is 124 Å². The van der Waals surface area contributed by atoms with Gasteiger partial charge in [-0.25, -0.2) is 0 Å². The molecule has 0 bridgehead atoms. The van der Waals surface area contributed by atoms with Gasteiger partial charge in [-0.1, -0.05) is 30.3 Å². The third-order valence-electron chi connectivity index (χ3n) is 3.50. The zero-order valence-electron chi connectivity index (χ0n) is 11.8. The van der Waals surface area contributed by atoms with Crippen LogP contribution in [-0.2, 0) is 11.2 Å². The molecule has 0 aromatic heterocycles. The van der Waals surface area contributed by atoms with E-state index in [0.717, 1.165) is 24.3 Å². The Morgan fingerprint density at radius 3 is 2.48 bits per heavy atom. The number of benzene rings is 2. The Bertz CT molecular complexity index is 586. The highest BCUT2D eigenvalue weighted by molar-refractivity contribution is 5.96. The molecular weight excluding hydrogens is 264 g/mol. The van der Waals surface area contributed by atoms with Crippen LogP contribution >= 0.6 is 0 Å². The van der Waals surface area contributed by atoms with E-state index in [1.807, 2.05) is 54.6 Å². The number of carbonyl (C=O) groups is 1. The summed E-state index contributed by atoms with van der Waals surface area (Å²) in [4.78, 5) is 12.1. The van der Waals surface area contributed by atoms with Gasteiger partial charge in [-0.15, -0.1) is 0 Å². The maximum absolute atomic E-state index is 12.1. The molecule has 1 aliphatic heterocycles. The van der Waals surface area contributed by atoms with Gasteiger partial charge in [0.05, 0.1) is 6.61 Å². The molecule has 0 aliphatic carbocycles. The van der Waals surface area contributed by atoms with Crippen molar-refractivity contribution in [3.63, 3.8) is 0 Å². The quantitative estimate of drug-likeness (QED) is 0.578. The standard InChI is InChI=1S/C18H18O3/c19-18(11-6-14-4-2-1-3-5-14)15-7-9-16(10-8-15)20-12-17-13-21-17/h1-5,7-10,17H,6,11-13H2. The highest BCUT2D eigenvalue weighted by Crippen LogP contribution is 2.17. The summed E-state index contributed by atoms with van der Waals surface area (Å²) in [6.45, 7) is 1.37. The van der Waals surface area contributed by atoms with Crippen molar-refractivity contribution in [2.75, 3.05) is 13.2 Å². The molecule has 108 valence electrons. The van der Waals surface area contributed by atoms with Crippen molar-refractivity contribution in [3.8, 4) is 5.75 Å². The molecule has 1 saturated heterocycles. The molecule has 0 saturated carbocycles. The largest absolute Gasteiger partial charge is 0.491 e. The van der Waals surface area contributed by atoms with E-state index >= 15 is 0 Å². The fourth-order valence-electron chi connectivity index (χ4n) is 2.14.